The van der Waals surface area contributed by atoms with E-state index >= 15 is 0 Å². The van der Waals surface area contributed by atoms with Crippen molar-refractivity contribution in [1.29, 1.82) is 0 Å². The molecule has 1 spiro atoms. The lowest BCUT2D eigenvalue weighted by Gasteiger charge is -2.40. The summed E-state index contributed by atoms with van der Waals surface area (Å²) in [6.07, 6.45) is 5.63. The SMILES string of the molecule is Cc1nccc(N2CCC3(CCc4c3nc(-c3ccccc3)[nH]c4=O)CC2)n1. The van der Waals surface area contributed by atoms with Crippen LogP contribution in [0.25, 0.3) is 11.4 Å². The van der Waals surface area contributed by atoms with Crippen molar-refractivity contribution in [3.63, 3.8) is 0 Å². The Morgan fingerprint density at radius 2 is 1.82 bits per heavy atom. The van der Waals surface area contributed by atoms with Gasteiger partial charge in [-0.25, -0.2) is 15.0 Å². The Hall–Kier alpha value is -3.02. The number of aromatic nitrogens is 4. The zero-order valence-corrected chi connectivity index (χ0v) is 16.0. The molecule has 142 valence electrons. The smallest absolute Gasteiger partial charge is 0.254 e. The van der Waals surface area contributed by atoms with Gasteiger partial charge in [0, 0.05) is 35.8 Å². The molecule has 1 aromatic carbocycles. The first kappa shape index (κ1) is 17.1. The summed E-state index contributed by atoms with van der Waals surface area (Å²) in [4.78, 5) is 31.8. The predicted octanol–water partition coefficient (Wildman–Crippen LogP) is 3.02. The lowest BCUT2D eigenvalue weighted by molar-refractivity contribution is 0.322. The Morgan fingerprint density at radius 3 is 2.57 bits per heavy atom. The molecular formula is C22H23N5O. The van der Waals surface area contributed by atoms with E-state index in [-0.39, 0.29) is 11.0 Å². The molecule has 0 unspecified atom stereocenters. The number of piperidine rings is 1. The number of aryl methyl sites for hydroxylation is 1. The molecule has 1 fully saturated rings. The molecule has 0 saturated carbocycles. The fourth-order valence-electron chi connectivity index (χ4n) is 4.65. The van der Waals surface area contributed by atoms with E-state index in [9.17, 15) is 4.79 Å². The molecule has 28 heavy (non-hydrogen) atoms. The summed E-state index contributed by atoms with van der Waals surface area (Å²) in [6, 6.07) is 11.9. The first-order valence-corrected chi connectivity index (χ1v) is 9.88. The second-order valence-corrected chi connectivity index (χ2v) is 7.84. The van der Waals surface area contributed by atoms with Gasteiger partial charge < -0.3 is 9.88 Å². The lowest BCUT2D eigenvalue weighted by atomic mass is 9.76. The van der Waals surface area contributed by atoms with Gasteiger partial charge in [0.25, 0.3) is 5.56 Å². The molecular weight excluding hydrogens is 350 g/mol. The summed E-state index contributed by atoms with van der Waals surface area (Å²) >= 11 is 0. The number of aromatic amines is 1. The topological polar surface area (TPSA) is 74.8 Å². The number of benzene rings is 1. The Bertz CT molecular complexity index is 1070. The van der Waals surface area contributed by atoms with Crippen LogP contribution in [-0.2, 0) is 11.8 Å². The van der Waals surface area contributed by atoms with Crippen molar-refractivity contribution in [2.45, 2.75) is 38.0 Å². The van der Waals surface area contributed by atoms with Gasteiger partial charge >= 0.3 is 0 Å². The van der Waals surface area contributed by atoms with Gasteiger partial charge in [-0.3, -0.25) is 4.79 Å². The van der Waals surface area contributed by atoms with Crippen LogP contribution in [0.1, 0.15) is 36.3 Å². The Morgan fingerprint density at radius 1 is 1.04 bits per heavy atom. The van der Waals surface area contributed by atoms with Crippen molar-refractivity contribution in [2.75, 3.05) is 18.0 Å². The molecule has 1 saturated heterocycles. The number of nitrogens with zero attached hydrogens (tertiary/aromatic N) is 4. The highest BCUT2D eigenvalue weighted by Crippen LogP contribution is 2.45. The highest BCUT2D eigenvalue weighted by atomic mass is 16.1. The van der Waals surface area contributed by atoms with E-state index < -0.39 is 0 Å². The standard InChI is InChI=1S/C22H23N5O/c1-15-23-12-8-18(24-15)27-13-10-22(11-14-27)9-7-17-19(22)25-20(26-21(17)28)16-5-3-2-4-6-16/h2-6,8,12H,7,9-11,13-14H2,1H3,(H,25,26,28). The molecule has 0 bridgehead atoms. The molecule has 5 rings (SSSR count). The van der Waals surface area contributed by atoms with E-state index in [0.717, 1.165) is 67.2 Å². The van der Waals surface area contributed by atoms with Crippen LogP contribution in [0.4, 0.5) is 5.82 Å². The molecule has 3 heterocycles. The maximum absolute atomic E-state index is 12.7. The Balaban J connectivity index is 1.47. The summed E-state index contributed by atoms with van der Waals surface area (Å²) in [5.41, 5.74) is 2.89. The van der Waals surface area contributed by atoms with Gasteiger partial charge in [0.1, 0.15) is 17.5 Å². The van der Waals surface area contributed by atoms with Crippen LogP contribution in [-0.4, -0.2) is 33.0 Å². The summed E-state index contributed by atoms with van der Waals surface area (Å²) in [6.45, 7) is 3.76. The van der Waals surface area contributed by atoms with Crippen molar-refractivity contribution in [1.82, 2.24) is 19.9 Å². The minimum absolute atomic E-state index is 0.00565. The van der Waals surface area contributed by atoms with Gasteiger partial charge in [-0.2, -0.15) is 0 Å². The van der Waals surface area contributed by atoms with Gasteiger partial charge in [0.05, 0.1) is 5.69 Å². The van der Waals surface area contributed by atoms with Gasteiger partial charge in [-0.1, -0.05) is 30.3 Å². The van der Waals surface area contributed by atoms with Crippen LogP contribution in [0.3, 0.4) is 0 Å². The van der Waals surface area contributed by atoms with E-state index in [0.29, 0.717) is 5.82 Å². The third-order valence-corrected chi connectivity index (χ3v) is 6.22. The minimum Gasteiger partial charge on any atom is -0.356 e. The number of H-pyrrole nitrogens is 1. The summed E-state index contributed by atoms with van der Waals surface area (Å²) in [5, 5.41) is 0. The Labute approximate surface area is 163 Å². The van der Waals surface area contributed by atoms with E-state index in [1.165, 1.54) is 0 Å². The monoisotopic (exact) mass is 373 g/mol. The van der Waals surface area contributed by atoms with Crippen LogP contribution < -0.4 is 10.5 Å². The van der Waals surface area contributed by atoms with Crippen LogP contribution in [0.5, 0.6) is 0 Å². The van der Waals surface area contributed by atoms with E-state index in [2.05, 4.69) is 19.9 Å². The largest absolute Gasteiger partial charge is 0.356 e. The zero-order chi connectivity index (χ0) is 19.1. The molecule has 2 aromatic heterocycles. The fraction of sp³-hybridized carbons (Fsp3) is 0.364. The number of anilines is 1. The first-order chi connectivity index (χ1) is 13.6. The third kappa shape index (κ3) is 2.80. The molecule has 2 aliphatic rings. The number of nitrogens with one attached hydrogen (secondary N) is 1. The summed E-state index contributed by atoms with van der Waals surface area (Å²) in [5.74, 6) is 2.47. The fourth-order valence-corrected chi connectivity index (χ4v) is 4.65. The first-order valence-electron chi connectivity index (χ1n) is 9.88. The third-order valence-electron chi connectivity index (χ3n) is 6.22. The molecule has 1 N–H and O–H groups in total. The van der Waals surface area contributed by atoms with E-state index in [1.54, 1.807) is 0 Å². The highest BCUT2D eigenvalue weighted by Gasteiger charge is 2.44. The number of hydrogen-bond acceptors (Lipinski definition) is 5. The molecule has 0 radical (unpaired) electrons. The number of rotatable bonds is 2. The minimum atomic E-state index is 0.00565. The second-order valence-electron chi connectivity index (χ2n) is 7.84. The van der Waals surface area contributed by atoms with E-state index in [1.807, 2.05) is 49.5 Å². The van der Waals surface area contributed by atoms with Crippen LogP contribution in [0.2, 0.25) is 0 Å². The summed E-state index contributed by atoms with van der Waals surface area (Å²) in [7, 11) is 0. The van der Waals surface area contributed by atoms with Crippen molar-refractivity contribution in [3.8, 4) is 11.4 Å². The molecule has 6 heteroatoms. The second kappa shape index (κ2) is 6.55. The number of fused-ring (bicyclic) bond motifs is 2. The molecule has 1 aliphatic heterocycles. The molecule has 0 atom stereocenters. The lowest BCUT2D eigenvalue weighted by Crippen LogP contribution is -2.42. The molecule has 0 amide bonds. The van der Waals surface area contributed by atoms with Gasteiger partial charge in [0.2, 0.25) is 0 Å². The Kier molecular flexibility index (Phi) is 4.00. The maximum Gasteiger partial charge on any atom is 0.254 e. The average Bonchev–Trinajstić information content (AvgIpc) is 3.08. The van der Waals surface area contributed by atoms with Crippen LogP contribution in [0.15, 0.2) is 47.4 Å². The van der Waals surface area contributed by atoms with Crippen LogP contribution in [0, 0.1) is 6.92 Å². The van der Waals surface area contributed by atoms with Crippen molar-refractivity contribution in [3.05, 3.63) is 70.0 Å². The average molecular weight is 373 g/mol. The van der Waals surface area contributed by atoms with Gasteiger partial charge in [-0.15, -0.1) is 0 Å². The zero-order valence-electron chi connectivity index (χ0n) is 16.0. The molecule has 1 aliphatic carbocycles. The van der Waals surface area contributed by atoms with E-state index in [4.69, 9.17) is 4.98 Å². The summed E-state index contributed by atoms with van der Waals surface area (Å²) < 4.78 is 0. The van der Waals surface area contributed by atoms with Gasteiger partial charge in [-0.05, 0) is 38.7 Å². The predicted molar refractivity (Wildman–Crippen MR) is 109 cm³/mol. The normalized spacial score (nSPS) is 17.7. The maximum atomic E-state index is 12.7. The number of hydrogen-bond donors (Lipinski definition) is 1. The molecule has 3 aromatic rings. The van der Waals surface area contributed by atoms with Crippen LogP contribution >= 0.6 is 0 Å². The van der Waals surface area contributed by atoms with Crippen molar-refractivity contribution in [2.24, 2.45) is 0 Å². The quantitative estimate of drug-likeness (QED) is 0.747. The highest BCUT2D eigenvalue weighted by molar-refractivity contribution is 5.55. The van der Waals surface area contributed by atoms with Crippen molar-refractivity contribution < 1.29 is 0 Å². The molecule has 6 nitrogen and oxygen atoms in total. The van der Waals surface area contributed by atoms with Crippen molar-refractivity contribution >= 4 is 5.82 Å². The van der Waals surface area contributed by atoms with Gasteiger partial charge in [0.15, 0.2) is 0 Å².